The Morgan fingerprint density at radius 1 is 1.04 bits per heavy atom. The van der Waals surface area contributed by atoms with Crippen molar-refractivity contribution >= 4 is 40.7 Å². The molecule has 0 fully saturated rings. The van der Waals surface area contributed by atoms with E-state index in [2.05, 4.69) is 32.7 Å². The van der Waals surface area contributed by atoms with Crippen LogP contribution >= 0.6 is 24.0 Å². The van der Waals surface area contributed by atoms with Gasteiger partial charge in [-0.3, -0.25) is 4.98 Å². The zero-order chi connectivity index (χ0) is 18.9. The number of benzene rings is 2. The van der Waals surface area contributed by atoms with E-state index in [1.54, 1.807) is 0 Å². The second-order valence-corrected chi connectivity index (χ2v) is 6.32. The Labute approximate surface area is 183 Å². The molecule has 1 atom stereocenters. The van der Waals surface area contributed by atoms with Crippen LogP contribution < -0.4 is 10.6 Å². The SMILES string of the molecule is CCNC(=NCc1nccc2ccccc12)NCCC(O)c1ccccc1.I. The van der Waals surface area contributed by atoms with Crippen LogP contribution in [-0.2, 0) is 6.54 Å². The number of aliphatic imine (C=N–C) groups is 1. The lowest BCUT2D eigenvalue weighted by atomic mass is 10.1. The van der Waals surface area contributed by atoms with Gasteiger partial charge in [-0.05, 0) is 30.4 Å². The second kappa shape index (κ2) is 11.6. The highest BCUT2D eigenvalue weighted by Gasteiger charge is 2.07. The molecule has 0 aliphatic heterocycles. The smallest absolute Gasteiger partial charge is 0.191 e. The van der Waals surface area contributed by atoms with Crippen LogP contribution in [0.15, 0.2) is 71.9 Å². The molecule has 1 aromatic heterocycles. The Kier molecular flexibility index (Phi) is 9.16. The van der Waals surface area contributed by atoms with Gasteiger partial charge in [0, 0.05) is 24.7 Å². The van der Waals surface area contributed by atoms with Crippen molar-refractivity contribution in [3.63, 3.8) is 0 Å². The minimum Gasteiger partial charge on any atom is -0.388 e. The van der Waals surface area contributed by atoms with Crippen LogP contribution in [-0.4, -0.2) is 29.1 Å². The summed E-state index contributed by atoms with van der Waals surface area (Å²) in [5, 5.41) is 19.1. The summed E-state index contributed by atoms with van der Waals surface area (Å²) >= 11 is 0. The van der Waals surface area contributed by atoms with E-state index in [0.717, 1.165) is 29.1 Å². The highest BCUT2D eigenvalue weighted by atomic mass is 127. The summed E-state index contributed by atoms with van der Waals surface area (Å²) in [7, 11) is 0. The molecule has 0 saturated carbocycles. The zero-order valence-corrected chi connectivity index (χ0v) is 18.3. The Hall–Kier alpha value is -2.19. The van der Waals surface area contributed by atoms with E-state index in [-0.39, 0.29) is 24.0 Å². The van der Waals surface area contributed by atoms with E-state index < -0.39 is 6.10 Å². The van der Waals surface area contributed by atoms with E-state index >= 15 is 0 Å². The normalized spacial score (nSPS) is 12.3. The number of aromatic nitrogens is 1. The van der Waals surface area contributed by atoms with Crippen LogP contribution in [0.5, 0.6) is 0 Å². The Morgan fingerprint density at radius 2 is 1.79 bits per heavy atom. The summed E-state index contributed by atoms with van der Waals surface area (Å²) in [4.78, 5) is 9.14. The third kappa shape index (κ3) is 6.17. The first-order chi connectivity index (χ1) is 13.3. The number of nitrogens with zero attached hydrogens (tertiary/aromatic N) is 2. The summed E-state index contributed by atoms with van der Waals surface area (Å²) in [6.07, 6.45) is 1.95. The van der Waals surface area contributed by atoms with Crippen LogP contribution in [0.3, 0.4) is 0 Å². The van der Waals surface area contributed by atoms with Gasteiger partial charge in [-0.2, -0.15) is 0 Å². The van der Waals surface area contributed by atoms with Crippen LogP contribution in [0.25, 0.3) is 10.8 Å². The number of guanidine groups is 1. The van der Waals surface area contributed by atoms with Gasteiger partial charge in [-0.25, -0.2) is 4.99 Å². The van der Waals surface area contributed by atoms with E-state index in [4.69, 9.17) is 0 Å². The maximum atomic E-state index is 10.3. The summed E-state index contributed by atoms with van der Waals surface area (Å²) in [6.45, 7) is 3.94. The number of halogens is 1. The first-order valence-electron chi connectivity index (χ1n) is 9.35. The van der Waals surface area contributed by atoms with Gasteiger partial charge in [0.05, 0.1) is 18.3 Å². The molecule has 0 bridgehead atoms. The zero-order valence-electron chi connectivity index (χ0n) is 16.0. The van der Waals surface area contributed by atoms with Crippen LogP contribution in [0.4, 0.5) is 0 Å². The molecule has 3 aromatic rings. The fourth-order valence-corrected chi connectivity index (χ4v) is 2.97. The molecule has 0 amide bonds. The summed E-state index contributed by atoms with van der Waals surface area (Å²) < 4.78 is 0. The lowest BCUT2D eigenvalue weighted by Crippen LogP contribution is -2.38. The van der Waals surface area contributed by atoms with Crippen molar-refractivity contribution in [2.24, 2.45) is 4.99 Å². The van der Waals surface area contributed by atoms with Crippen molar-refractivity contribution in [2.75, 3.05) is 13.1 Å². The number of rotatable bonds is 7. The fourth-order valence-electron chi connectivity index (χ4n) is 2.97. The quantitative estimate of drug-likeness (QED) is 0.266. The lowest BCUT2D eigenvalue weighted by molar-refractivity contribution is 0.168. The van der Waals surface area contributed by atoms with Gasteiger partial charge in [-0.15, -0.1) is 24.0 Å². The summed E-state index contributed by atoms with van der Waals surface area (Å²) in [5.74, 6) is 0.729. The van der Waals surface area contributed by atoms with Gasteiger partial charge in [-0.1, -0.05) is 54.6 Å². The molecule has 2 aromatic carbocycles. The molecular weight excluding hydrogens is 463 g/mol. The van der Waals surface area contributed by atoms with Crippen molar-refractivity contribution in [2.45, 2.75) is 26.0 Å². The van der Waals surface area contributed by atoms with Gasteiger partial charge in [0.2, 0.25) is 0 Å². The highest BCUT2D eigenvalue weighted by Crippen LogP contribution is 2.17. The van der Waals surface area contributed by atoms with Crippen LogP contribution in [0.2, 0.25) is 0 Å². The van der Waals surface area contributed by atoms with Crippen molar-refractivity contribution < 1.29 is 5.11 Å². The predicted molar refractivity (Wildman–Crippen MR) is 126 cm³/mol. The van der Waals surface area contributed by atoms with Gasteiger partial charge >= 0.3 is 0 Å². The molecule has 1 heterocycles. The molecule has 0 radical (unpaired) electrons. The van der Waals surface area contributed by atoms with Crippen molar-refractivity contribution in [3.05, 3.63) is 78.1 Å². The van der Waals surface area contributed by atoms with Gasteiger partial charge in [0.25, 0.3) is 0 Å². The maximum Gasteiger partial charge on any atom is 0.191 e. The Bertz CT molecular complexity index is 881. The average Bonchev–Trinajstić information content (AvgIpc) is 2.72. The lowest BCUT2D eigenvalue weighted by Gasteiger charge is -2.14. The molecule has 1 unspecified atom stereocenters. The van der Waals surface area contributed by atoms with E-state index in [9.17, 15) is 5.11 Å². The molecule has 0 aliphatic rings. The highest BCUT2D eigenvalue weighted by molar-refractivity contribution is 14.0. The first-order valence-corrected chi connectivity index (χ1v) is 9.35. The van der Waals surface area contributed by atoms with Crippen LogP contribution in [0.1, 0.15) is 30.7 Å². The average molecular weight is 490 g/mol. The number of pyridine rings is 1. The first kappa shape index (κ1) is 22.1. The third-order valence-electron chi connectivity index (χ3n) is 4.38. The van der Waals surface area contributed by atoms with E-state index in [1.165, 1.54) is 5.39 Å². The molecule has 28 heavy (non-hydrogen) atoms. The number of fused-ring (bicyclic) bond motifs is 1. The number of hydrogen-bond acceptors (Lipinski definition) is 3. The minimum absolute atomic E-state index is 0. The largest absolute Gasteiger partial charge is 0.388 e. The molecule has 5 nitrogen and oxygen atoms in total. The van der Waals surface area contributed by atoms with E-state index in [0.29, 0.717) is 19.5 Å². The van der Waals surface area contributed by atoms with Gasteiger partial charge in [0.1, 0.15) is 0 Å². The van der Waals surface area contributed by atoms with Crippen molar-refractivity contribution in [3.8, 4) is 0 Å². The molecule has 3 rings (SSSR count). The number of hydrogen-bond donors (Lipinski definition) is 3. The van der Waals surface area contributed by atoms with Gasteiger partial charge < -0.3 is 15.7 Å². The number of aliphatic hydroxyl groups is 1. The Balaban J connectivity index is 0.00000280. The molecule has 0 saturated heterocycles. The Morgan fingerprint density at radius 3 is 2.57 bits per heavy atom. The molecule has 3 N–H and O–H groups in total. The van der Waals surface area contributed by atoms with Crippen molar-refractivity contribution in [1.82, 2.24) is 15.6 Å². The van der Waals surface area contributed by atoms with Crippen molar-refractivity contribution in [1.29, 1.82) is 0 Å². The molecule has 0 spiro atoms. The third-order valence-corrected chi connectivity index (χ3v) is 4.38. The topological polar surface area (TPSA) is 69.5 Å². The minimum atomic E-state index is -0.485. The molecule has 148 valence electrons. The van der Waals surface area contributed by atoms with E-state index in [1.807, 2.05) is 61.7 Å². The maximum absolute atomic E-state index is 10.3. The van der Waals surface area contributed by atoms with Crippen LogP contribution in [0, 0.1) is 0 Å². The van der Waals surface area contributed by atoms with Gasteiger partial charge in [0.15, 0.2) is 5.96 Å². The summed E-state index contributed by atoms with van der Waals surface area (Å²) in [6, 6.07) is 19.9. The second-order valence-electron chi connectivity index (χ2n) is 6.32. The summed E-state index contributed by atoms with van der Waals surface area (Å²) in [5.41, 5.74) is 1.89. The predicted octanol–water partition coefficient (Wildman–Crippen LogP) is 4.03. The molecule has 6 heteroatoms. The molecular formula is C22H27IN4O. The monoisotopic (exact) mass is 490 g/mol. The standard InChI is InChI=1S/C22H26N4O.HI/c1-2-23-22(25-15-13-21(27)18-9-4-3-5-10-18)26-16-20-19-11-7-6-8-17(19)12-14-24-20;/h3-12,14,21,27H,2,13,15-16H2,1H3,(H2,23,25,26);1H. The fraction of sp³-hybridized carbons (Fsp3) is 0.273. The number of aliphatic hydroxyl groups excluding tert-OH is 1. The molecule has 0 aliphatic carbocycles. The number of nitrogens with one attached hydrogen (secondary N) is 2.